The number of benzene rings is 1. The third kappa shape index (κ3) is 5.02. The molecule has 0 atom stereocenters. The maximum Gasteiger partial charge on any atom is 0.240 e. The molecule has 1 saturated heterocycles. The molecule has 0 bridgehead atoms. The zero-order valence-corrected chi connectivity index (χ0v) is 17.0. The molecule has 1 aliphatic rings. The van der Waals surface area contributed by atoms with Gasteiger partial charge in [0.05, 0.1) is 6.54 Å². The average molecular weight is 380 g/mol. The lowest BCUT2D eigenvalue weighted by Crippen LogP contribution is -2.39. The molecule has 0 radical (unpaired) electrons. The molecule has 1 aliphatic heterocycles. The fourth-order valence-corrected chi connectivity index (χ4v) is 3.78. The van der Waals surface area contributed by atoms with Crippen LogP contribution in [-0.2, 0) is 11.2 Å². The van der Waals surface area contributed by atoms with E-state index in [1.165, 1.54) is 17.5 Å². The van der Waals surface area contributed by atoms with E-state index >= 15 is 0 Å². The van der Waals surface area contributed by atoms with Crippen molar-refractivity contribution in [1.82, 2.24) is 4.90 Å². The molecule has 5 nitrogen and oxygen atoms in total. The number of nitrogens with zero attached hydrogens (tertiary/aromatic N) is 2. The van der Waals surface area contributed by atoms with E-state index in [1.807, 2.05) is 6.92 Å². The first kappa shape index (κ1) is 20.2. The third-order valence-electron chi connectivity index (χ3n) is 5.79. The summed E-state index contributed by atoms with van der Waals surface area (Å²) in [4.78, 5) is 14.6. The topological polar surface area (TPSA) is 69.3 Å². The van der Waals surface area contributed by atoms with Gasteiger partial charge in [-0.1, -0.05) is 29.8 Å². The summed E-state index contributed by atoms with van der Waals surface area (Å²) >= 11 is 0. The van der Waals surface area contributed by atoms with Crippen molar-refractivity contribution in [1.29, 1.82) is 5.26 Å². The van der Waals surface area contributed by atoms with Crippen LogP contribution >= 0.6 is 0 Å². The summed E-state index contributed by atoms with van der Waals surface area (Å²) in [5, 5.41) is 12.0. The summed E-state index contributed by atoms with van der Waals surface area (Å²) in [6, 6.07) is 10.9. The predicted molar refractivity (Wildman–Crippen MR) is 110 cm³/mol. The number of likely N-dealkylation sites (tertiary alicyclic amines) is 1. The van der Waals surface area contributed by atoms with Crippen LogP contribution in [0, 0.1) is 38.0 Å². The van der Waals surface area contributed by atoms with Gasteiger partial charge in [-0.25, -0.2) is 0 Å². The van der Waals surface area contributed by atoms with Gasteiger partial charge in [0, 0.05) is 5.56 Å². The van der Waals surface area contributed by atoms with Crippen LogP contribution in [0.3, 0.4) is 0 Å². The number of rotatable bonds is 6. The zero-order chi connectivity index (χ0) is 20.1. The molecule has 1 amide bonds. The van der Waals surface area contributed by atoms with Crippen LogP contribution in [0.1, 0.15) is 47.3 Å². The van der Waals surface area contributed by atoms with E-state index < -0.39 is 0 Å². The lowest BCUT2D eigenvalue weighted by molar-refractivity contribution is -0.117. The molecule has 0 aliphatic carbocycles. The molecule has 1 N–H and O–H groups in total. The number of anilines is 1. The summed E-state index contributed by atoms with van der Waals surface area (Å²) in [6.07, 6.45) is 4.59. The van der Waals surface area contributed by atoms with E-state index in [0.29, 0.717) is 17.9 Å². The fraction of sp³-hybridized carbons (Fsp3) is 0.478. The number of carbonyl (C=O) groups excluding carboxylic acids is 1. The highest BCUT2D eigenvalue weighted by molar-refractivity contribution is 5.92. The molecule has 1 aromatic heterocycles. The van der Waals surface area contributed by atoms with Gasteiger partial charge < -0.3 is 4.42 Å². The predicted octanol–water partition coefficient (Wildman–Crippen LogP) is 4.36. The highest BCUT2D eigenvalue weighted by Crippen LogP contribution is 2.26. The summed E-state index contributed by atoms with van der Waals surface area (Å²) in [5.41, 5.74) is 3.91. The second-order valence-electron chi connectivity index (χ2n) is 7.89. The van der Waals surface area contributed by atoms with Crippen LogP contribution in [0.2, 0.25) is 0 Å². The van der Waals surface area contributed by atoms with Crippen LogP contribution in [-0.4, -0.2) is 30.4 Å². The van der Waals surface area contributed by atoms with Gasteiger partial charge in [-0.15, -0.1) is 0 Å². The highest BCUT2D eigenvalue weighted by atomic mass is 16.4. The second kappa shape index (κ2) is 9.07. The van der Waals surface area contributed by atoms with Gasteiger partial charge in [0.15, 0.2) is 0 Å². The van der Waals surface area contributed by atoms with E-state index in [2.05, 4.69) is 47.5 Å². The zero-order valence-electron chi connectivity index (χ0n) is 17.0. The molecule has 0 spiro atoms. The standard InChI is InChI=1S/C23H29N3O2/c1-16-4-6-19(7-5-16)8-9-20-10-12-26(13-11-20)15-22(27)25-23-21(14-24)17(2)18(3)28-23/h4-7,20H,8-13,15H2,1-3H3,(H,25,27). The van der Waals surface area contributed by atoms with E-state index in [-0.39, 0.29) is 11.8 Å². The first-order valence-electron chi connectivity index (χ1n) is 10.0. The Balaban J connectivity index is 1.43. The Morgan fingerprint density at radius 1 is 1.21 bits per heavy atom. The third-order valence-corrected chi connectivity index (χ3v) is 5.79. The van der Waals surface area contributed by atoms with Gasteiger partial charge >= 0.3 is 0 Å². The number of nitriles is 1. The molecule has 2 aromatic rings. The monoisotopic (exact) mass is 379 g/mol. The van der Waals surface area contributed by atoms with Crippen molar-refractivity contribution in [3.05, 3.63) is 52.3 Å². The molecule has 0 saturated carbocycles. The van der Waals surface area contributed by atoms with E-state index in [0.717, 1.165) is 43.8 Å². The summed E-state index contributed by atoms with van der Waals surface area (Å²) in [6.45, 7) is 7.96. The van der Waals surface area contributed by atoms with Crippen molar-refractivity contribution < 1.29 is 9.21 Å². The molecule has 0 unspecified atom stereocenters. The Labute approximate surface area is 167 Å². The molecule has 2 heterocycles. The van der Waals surface area contributed by atoms with Gasteiger partial charge in [0.2, 0.25) is 11.8 Å². The first-order valence-corrected chi connectivity index (χ1v) is 10.0. The number of carbonyl (C=O) groups is 1. The summed E-state index contributed by atoms with van der Waals surface area (Å²) in [7, 11) is 0. The van der Waals surface area contributed by atoms with Crippen LogP contribution in [0.15, 0.2) is 28.7 Å². The number of furan rings is 1. The number of amides is 1. The lowest BCUT2D eigenvalue weighted by atomic mass is 9.90. The number of nitrogens with one attached hydrogen (secondary N) is 1. The Morgan fingerprint density at radius 3 is 2.54 bits per heavy atom. The second-order valence-corrected chi connectivity index (χ2v) is 7.89. The Morgan fingerprint density at radius 2 is 1.89 bits per heavy atom. The largest absolute Gasteiger partial charge is 0.444 e. The summed E-state index contributed by atoms with van der Waals surface area (Å²) < 4.78 is 5.52. The minimum absolute atomic E-state index is 0.122. The fourth-order valence-electron chi connectivity index (χ4n) is 3.78. The van der Waals surface area contributed by atoms with Crippen LogP contribution in [0.4, 0.5) is 5.88 Å². The average Bonchev–Trinajstić information content (AvgIpc) is 2.95. The van der Waals surface area contributed by atoms with Gasteiger partial charge in [0.1, 0.15) is 17.4 Å². The van der Waals surface area contributed by atoms with Crippen LogP contribution in [0.25, 0.3) is 0 Å². The smallest absolute Gasteiger partial charge is 0.240 e. The number of piperidine rings is 1. The van der Waals surface area contributed by atoms with Gasteiger partial charge in [-0.05, 0) is 71.0 Å². The molecule has 1 aromatic carbocycles. The first-order chi connectivity index (χ1) is 13.5. The number of hydrogen-bond donors (Lipinski definition) is 1. The van der Waals surface area contributed by atoms with Crippen molar-refractivity contribution in [2.75, 3.05) is 25.0 Å². The maximum absolute atomic E-state index is 12.4. The normalized spacial score (nSPS) is 15.4. The molecule has 1 fully saturated rings. The number of aryl methyl sites for hydroxylation is 3. The van der Waals surface area contributed by atoms with E-state index in [4.69, 9.17) is 4.42 Å². The van der Waals surface area contributed by atoms with Crippen LogP contribution < -0.4 is 5.32 Å². The van der Waals surface area contributed by atoms with E-state index in [1.54, 1.807) is 6.92 Å². The van der Waals surface area contributed by atoms with Gasteiger partial charge in [0.25, 0.3) is 0 Å². The van der Waals surface area contributed by atoms with E-state index in [9.17, 15) is 10.1 Å². The Hall–Kier alpha value is -2.58. The molecular weight excluding hydrogens is 350 g/mol. The molecule has 148 valence electrons. The van der Waals surface area contributed by atoms with Crippen molar-refractivity contribution in [2.45, 2.75) is 46.5 Å². The molecule has 5 heteroatoms. The van der Waals surface area contributed by atoms with Crippen molar-refractivity contribution in [3.63, 3.8) is 0 Å². The van der Waals surface area contributed by atoms with Crippen molar-refractivity contribution in [3.8, 4) is 6.07 Å². The molecule has 3 rings (SSSR count). The minimum atomic E-state index is -0.122. The quantitative estimate of drug-likeness (QED) is 0.810. The van der Waals surface area contributed by atoms with Crippen LogP contribution in [0.5, 0.6) is 0 Å². The minimum Gasteiger partial charge on any atom is -0.444 e. The van der Waals surface area contributed by atoms with Crippen molar-refractivity contribution in [2.24, 2.45) is 5.92 Å². The van der Waals surface area contributed by atoms with Gasteiger partial charge in [-0.2, -0.15) is 5.26 Å². The lowest BCUT2D eigenvalue weighted by Gasteiger charge is -2.31. The molecule has 28 heavy (non-hydrogen) atoms. The Kier molecular flexibility index (Phi) is 6.53. The van der Waals surface area contributed by atoms with Gasteiger partial charge in [-0.3, -0.25) is 15.0 Å². The SMILES string of the molecule is Cc1ccc(CCC2CCN(CC(=O)Nc3oc(C)c(C)c3C#N)CC2)cc1. The Bertz CT molecular complexity index is 853. The molecular formula is C23H29N3O2. The number of hydrogen-bond acceptors (Lipinski definition) is 4. The summed E-state index contributed by atoms with van der Waals surface area (Å²) in [5.74, 6) is 1.54. The maximum atomic E-state index is 12.4. The highest BCUT2D eigenvalue weighted by Gasteiger charge is 2.22. The van der Waals surface area contributed by atoms with Crippen molar-refractivity contribution >= 4 is 11.8 Å².